The molecule has 1 aliphatic heterocycles. The molecule has 5 heterocycles. The van der Waals surface area contributed by atoms with Gasteiger partial charge in [0.05, 0.1) is 30.9 Å². The maximum Gasteiger partial charge on any atom is 0.295 e. The minimum absolute atomic E-state index is 0.000754. The van der Waals surface area contributed by atoms with E-state index in [0.29, 0.717) is 23.0 Å². The third-order valence-corrected chi connectivity index (χ3v) is 9.93. The number of carbonyl (C=O) groups excluding carboxylic acids is 7. The van der Waals surface area contributed by atoms with Gasteiger partial charge in [0.15, 0.2) is 0 Å². The van der Waals surface area contributed by atoms with Gasteiger partial charge in [-0.3, -0.25) is 54.1 Å². The Kier molecular flexibility index (Phi) is 13.2. The first-order chi connectivity index (χ1) is 31.3. The topological polar surface area (TPSA) is 308 Å². The molecule has 332 valence electrons. The second-order valence-corrected chi connectivity index (χ2v) is 14.2. The lowest BCUT2D eigenvalue weighted by Crippen LogP contribution is -2.36. The summed E-state index contributed by atoms with van der Waals surface area (Å²) in [5.74, 6) is -3.56. The molecular weight excluding hydrogens is 845 g/mol. The van der Waals surface area contributed by atoms with Gasteiger partial charge in [-0.05, 0) is 36.8 Å². The summed E-state index contributed by atoms with van der Waals surface area (Å²) in [5, 5.41) is 5.49. The number of hydrogen-bond acceptors (Lipinski definition) is 15. The molecule has 0 spiro atoms. The number of nitrogens with two attached hydrogens (primary N) is 2. The van der Waals surface area contributed by atoms with Crippen molar-refractivity contribution in [1.29, 1.82) is 0 Å². The Morgan fingerprint density at radius 1 is 0.769 bits per heavy atom. The van der Waals surface area contributed by atoms with Crippen LogP contribution in [0.15, 0.2) is 85.6 Å². The van der Waals surface area contributed by atoms with Crippen molar-refractivity contribution >= 4 is 75.3 Å². The van der Waals surface area contributed by atoms with E-state index in [2.05, 4.69) is 40.5 Å². The fraction of sp³-hybridized carbons (Fsp3) is 0.214. The van der Waals surface area contributed by atoms with Crippen LogP contribution in [0.25, 0.3) is 22.1 Å². The predicted molar refractivity (Wildman–Crippen MR) is 230 cm³/mol. The van der Waals surface area contributed by atoms with Crippen molar-refractivity contribution in [2.45, 2.75) is 25.9 Å². The van der Waals surface area contributed by atoms with Crippen molar-refractivity contribution in [2.24, 2.45) is 11.5 Å². The number of rotatable bonds is 19. The number of benzene rings is 2. The average molecular weight is 885 g/mol. The minimum Gasteiger partial charge on any atom is -0.494 e. The molecule has 0 unspecified atom stereocenters. The van der Waals surface area contributed by atoms with Crippen molar-refractivity contribution in [3.05, 3.63) is 108 Å². The number of allylic oxidation sites excluding steroid dienone is 2. The molecule has 0 radical (unpaired) electrons. The molecule has 4 aromatic heterocycles. The van der Waals surface area contributed by atoms with Crippen molar-refractivity contribution < 1.29 is 43.0 Å². The first-order valence-corrected chi connectivity index (χ1v) is 19.8. The van der Waals surface area contributed by atoms with Crippen LogP contribution in [0.5, 0.6) is 11.5 Å². The van der Waals surface area contributed by atoms with E-state index in [1.807, 2.05) is 0 Å². The van der Waals surface area contributed by atoms with Crippen molar-refractivity contribution in [3.63, 3.8) is 0 Å². The van der Waals surface area contributed by atoms with Crippen LogP contribution in [0.3, 0.4) is 0 Å². The normalized spacial score (nSPS) is 12.3. The quantitative estimate of drug-likeness (QED) is 0.0509. The fourth-order valence-corrected chi connectivity index (χ4v) is 6.73. The van der Waals surface area contributed by atoms with E-state index in [1.165, 1.54) is 67.3 Å². The second kappa shape index (κ2) is 19.4. The second-order valence-electron chi connectivity index (χ2n) is 14.2. The number of nitrogens with zero attached hydrogens (tertiary/aromatic N) is 10. The van der Waals surface area contributed by atoms with E-state index in [-0.39, 0.29) is 96.7 Å². The van der Waals surface area contributed by atoms with Crippen LogP contribution < -0.4 is 31.6 Å². The molecule has 2 aromatic carbocycles. The molecule has 0 aliphatic carbocycles. The number of primary amides is 2. The molecule has 7 amide bonds. The van der Waals surface area contributed by atoms with Gasteiger partial charge in [-0.2, -0.15) is 0 Å². The zero-order chi connectivity index (χ0) is 46.2. The molecule has 6 N–H and O–H groups in total. The molecule has 0 saturated heterocycles. The summed E-state index contributed by atoms with van der Waals surface area (Å²) < 4.78 is 15.1. The highest BCUT2D eigenvalue weighted by Crippen LogP contribution is 2.33. The molecule has 7 rings (SSSR count). The average Bonchev–Trinajstić information content (AvgIpc) is 3.95. The van der Waals surface area contributed by atoms with E-state index in [1.54, 1.807) is 34.4 Å². The summed E-state index contributed by atoms with van der Waals surface area (Å²) in [6, 6.07) is 7.39. The lowest BCUT2D eigenvalue weighted by atomic mass is 10.1. The van der Waals surface area contributed by atoms with E-state index >= 15 is 0 Å². The van der Waals surface area contributed by atoms with Crippen LogP contribution in [-0.4, -0.2) is 124 Å². The number of methoxy groups -OCH3 is 1. The molecule has 0 atom stereocenters. The highest BCUT2D eigenvalue weighted by Gasteiger charge is 2.25. The van der Waals surface area contributed by atoms with Crippen LogP contribution in [0.1, 0.15) is 54.7 Å². The van der Waals surface area contributed by atoms with Gasteiger partial charge in [0.1, 0.15) is 28.2 Å². The molecule has 23 nitrogen and oxygen atoms in total. The number of hydrogen-bond donors (Lipinski definition) is 4. The fourth-order valence-electron chi connectivity index (χ4n) is 6.73. The Hall–Kier alpha value is -8.89. The predicted octanol–water partition coefficient (Wildman–Crippen LogP) is 1.48. The van der Waals surface area contributed by atoms with Crippen molar-refractivity contribution in [3.8, 4) is 11.5 Å². The summed E-state index contributed by atoms with van der Waals surface area (Å²) >= 11 is 0. The number of amides is 7. The molecule has 65 heavy (non-hydrogen) atoms. The number of aromatic nitrogens is 8. The molecule has 23 heteroatoms. The molecule has 1 aliphatic rings. The number of imide groups is 1. The SMILES string of the molecule is COc1cc(C(N)=O)cc2nc(NC(=O)c3ncccn3)n(C/C=C/Cn3c(NC(=O)c4cnccn4)nc4cc(C(N)=O)cc(OCCCN(C)C(=O)CCN5C(=O)C=CC5=O)c43)c12. The maximum atomic E-state index is 13.4. The van der Waals surface area contributed by atoms with Crippen LogP contribution >= 0.6 is 0 Å². The number of fused-ring (bicyclic) bond motifs is 2. The number of imidazole rings is 2. The summed E-state index contributed by atoms with van der Waals surface area (Å²) in [5.41, 5.74) is 12.8. The van der Waals surface area contributed by atoms with Crippen LogP contribution in [-0.2, 0) is 27.5 Å². The lowest BCUT2D eigenvalue weighted by Gasteiger charge is -2.19. The Bertz CT molecular complexity index is 2890. The monoisotopic (exact) mass is 884 g/mol. The van der Waals surface area contributed by atoms with Gasteiger partial charge in [-0.1, -0.05) is 12.2 Å². The van der Waals surface area contributed by atoms with Crippen molar-refractivity contribution in [2.75, 3.05) is 44.5 Å². The Balaban J connectivity index is 1.17. The molecule has 0 fully saturated rings. The zero-order valence-corrected chi connectivity index (χ0v) is 34.8. The standard InChI is InChI=1S/C42H40N14O9/c1-53(31(57)9-17-54-32(58)7-8-33(54)59)14-6-18-65-30-22-25(37(44)61)20-27-35(30)56(41(50-27)51-39(62)28-23-45-12-13-46-28)16-4-3-15-55-34-26(19-24(36(43)60)21-29(34)64-2)49-42(55)52-40(63)38-47-10-5-11-48-38/h3-5,7-8,10-13,19-23H,6,9,14-18H2,1-2H3,(H2,43,60)(H2,44,61)(H,49,52,63)(H,50,51,62)/b4-3+. The third kappa shape index (κ3) is 9.93. The summed E-state index contributed by atoms with van der Waals surface area (Å²) in [6.07, 6.45) is 12.9. The van der Waals surface area contributed by atoms with Crippen LogP contribution in [0, 0.1) is 0 Å². The summed E-state index contributed by atoms with van der Waals surface area (Å²) in [4.78, 5) is 116. The molecular formula is C42H40N14O9. The van der Waals surface area contributed by atoms with Gasteiger partial charge in [-0.15, -0.1) is 0 Å². The zero-order valence-electron chi connectivity index (χ0n) is 34.8. The largest absolute Gasteiger partial charge is 0.494 e. The number of nitrogens with one attached hydrogen (secondary N) is 2. The van der Waals surface area contributed by atoms with E-state index in [0.717, 1.165) is 17.1 Å². The van der Waals surface area contributed by atoms with Gasteiger partial charge >= 0.3 is 0 Å². The maximum absolute atomic E-state index is 13.4. The van der Waals surface area contributed by atoms with Crippen molar-refractivity contribution in [1.82, 2.24) is 48.8 Å². The van der Waals surface area contributed by atoms with E-state index in [4.69, 9.17) is 20.9 Å². The van der Waals surface area contributed by atoms with Gasteiger partial charge in [0.25, 0.3) is 23.6 Å². The summed E-state index contributed by atoms with van der Waals surface area (Å²) in [7, 11) is 3.00. The van der Waals surface area contributed by atoms with Crippen LogP contribution in [0.4, 0.5) is 11.9 Å². The van der Waals surface area contributed by atoms with E-state index < -0.39 is 35.4 Å². The highest BCUT2D eigenvalue weighted by atomic mass is 16.5. The molecule has 0 saturated carbocycles. The van der Waals surface area contributed by atoms with Gasteiger partial charge < -0.3 is 35.0 Å². The summed E-state index contributed by atoms with van der Waals surface area (Å²) in [6.45, 7) is 0.369. The minimum atomic E-state index is -0.764. The molecule has 0 bridgehead atoms. The Labute approximate surface area is 368 Å². The third-order valence-electron chi connectivity index (χ3n) is 9.93. The number of ether oxygens (including phenoxy) is 2. The van der Waals surface area contributed by atoms with Crippen LogP contribution in [0.2, 0.25) is 0 Å². The van der Waals surface area contributed by atoms with Gasteiger partial charge in [0.2, 0.25) is 35.4 Å². The highest BCUT2D eigenvalue weighted by molar-refractivity contribution is 6.13. The Morgan fingerprint density at radius 3 is 1.92 bits per heavy atom. The molecule has 6 aromatic rings. The first-order valence-electron chi connectivity index (χ1n) is 19.8. The van der Waals surface area contributed by atoms with Gasteiger partial charge in [-0.25, -0.2) is 24.9 Å². The van der Waals surface area contributed by atoms with E-state index in [9.17, 15) is 33.6 Å². The number of anilines is 2. The van der Waals surface area contributed by atoms with Gasteiger partial charge in [0, 0.05) is 87.7 Å². The first kappa shape index (κ1) is 44.2. The number of carbonyl (C=O) groups is 7. The smallest absolute Gasteiger partial charge is 0.295 e. The Morgan fingerprint density at radius 2 is 1.35 bits per heavy atom. The lowest BCUT2D eigenvalue weighted by molar-refractivity contribution is -0.138.